The highest BCUT2D eigenvalue weighted by Gasteiger charge is 2.31. The van der Waals surface area contributed by atoms with Gasteiger partial charge in [-0.2, -0.15) is 13.2 Å². The molecule has 3 aromatic rings. The number of benzene rings is 2. The zero-order valence-electron chi connectivity index (χ0n) is 18.6. The van der Waals surface area contributed by atoms with Crippen molar-refractivity contribution < 1.29 is 18.0 Å². The average molecular weight is 470 g/mol. The minimum absolute atomic E-state index is 0.0596. The van der Waals surface area contributed by atoms with Gasteiger partial charge in [0.25, 0.3) is 11.5 Å². The standard InChI is InChI=1S/C25H25F3N4O2/c26-25(27,28)18-5-4-6-19(16-18)30-11-13-31(14-12-30)23(33)17-8-9-20-21(15-17)29-22-7-2-1-3-10-32(22)24(20)34/h4-6,8-9,15-16H,1-3,7,10-14H2. The molecule has 5 rings (SSSR count). The minimum Gasteiger partial charge on any atom is -0.368 e. The number of aryl methyl sites for hydroxylation is 1. The van der Waals surface area contributed by atoms with E-state index in [0.29, 0.717) is 54.9 Å². The fraction of sp³-hybridized carbons (Fsp3) is 0.400. The molecule has 9 heteroatoms. The Labute approximate surface area is 194 Å². The van der Waals surface area contributed by atoms with Crippen molar-refractivity contribution in [2.45, 2.75) is 38.4 Å². The third-order valence-electron chi connectivity index (χ3n) is 6.67. The average Bonchev–Trinajstić information content (AvgIpc) is 3.09. The number of carbonyl (C=O) groups excluding carboxylic acids is 1. The topological polar surface area (TPSA) is 58.4 Å². The maximum Gasteiger partial charge on any atom is 0.416 e. The minimum atomic E-state index is -4.39. The zero-order valence-corrected chi connectivity index (χ0v) is 18.6. The summed E-state index contributed by atoms with van der Waals surface area (Å²) in [5.74, 6) is 0.608. The van der Waals surface area contributed by atoms with E-state index in [9.17, 15) is 22.8 Å². The Balaban J connectivity index is 1.33. The van der Waals surface area contributed by atoms with Crippen LogP contribution in [-0.2, 0) is 19.1 Å². The number of carbonyl (C=O) groups is 1. The molecule has 0 atom stereocenters. The molecule has 3 heterocycles. The van der Waals surface area contributed by atoms with E-state index in [1.165, 1.54) is 6.07 Å². The van der Waals surface area contributed by atoms with Gasteiger partial charge in [-0.3, -0.25) is 14.2 Å². The number of fused-ring (bicyclic) bond motifs is 2. The van der Waals surface area contributed by atoms with Crippen LogP contribution < -0.4 is 10.5 Å². The second-order valence-corrected chi connectivity index (χ2v) is 8.85. The molecule has 6 nitrogen and oxygen atoms in total. The van der Waals surface area contributed by atoms with E-state index in [0.717, 1.165) is 43.6 Å². The molecule has 2 aromatic carbocycles. The summed E-state index contributed by atoms with van der Waals surface area (Å²) in [6.07, 6.45) is -0.620. The molecule has 178 valence electrons. The van der Waals surface area contributed by atoms with Crippen LogP contribution in [0.1, 0.15) is 41.0 Å². The first-order chi connectivity index (χ1) is 16.3. The maximum atomic E-state index is 13.1. The smallest absolute Gasteiger partial charge is 0.368 e. The first-order valence-electron chi connectivity index (χ1n) is 11.6. The first kappa shape index (κ1) is 22.4. The predicted octanol–water partition coefficient (Wildman–Crippen LogP) is 4.10. The van der Waals surface area contributed by atoms with E-state index in [2.05, 4.69) is 0 Å². The number of hydrogen-bond acceptors (Lipinski definition) is 4. The van der Waals surface area contributed by atoms with E-state index < -0.39 is 11.7 Å². The van der Waals surface area contributed by atoms with Crippen LogP contribution in [0.25, 0.3) is 10.9 Å². The summed E-state index contributed by atoms with van der Waals surface area (Å²) in [6.45, 7) is 2.34. The molecule has 2 aliphatic rings. The summed E-state index contributed by atoms with van der Waals surface area (Å²) in [4.78, 5) is 34.3. The highest BCUT2D eigenvalue weighted by molar-refractivity contribution is 5.97. The van der Waals surface area contributed by atoms with Crippen molar-refractivity contribution in [3.8, 4) is 0 Å². The SMILES string of the molecule is O=C(c1ccc2c(=O)n3c(nc2c1)CCCCC3)N1CCN(c2cccc(C(F)(F)F)c2)CC1. The molecule has 0 radical (unpaired) electrons. The van der Waals surface area contributed by atoms with Gasteiger partial charge in [0.05, 0.1) is 16.5 Å². The number of piperazine rings is 1. The van der Waals surface area contributed by atoms with Crippen LogP contribution in [0.2, 0.25) is 0 Å². The Bertz CT molecular complexity index is 1290. The van der Waals surface area contributed by atoms with Gasteiger partial charge in [-0.25, -0.2) is 4.98 Å². The third-order valence-corrected chi connectivity index (χ3v) is 6.67. The maximum absolute atomic E-state index is 13.1. The largest absolute Gasteiger partial charge is 0.416 e. The van der Waals surface area contributed by atoms with Crippen LogP contribution in [0, 0.1) is 0 Å². The molecule has 0 unspecified atom stereocenters. The van der Waals surface area contributed by atoms with Crippen LogP contribution >= 0.6 is 0 Å². The lowest BCUT2D eigenvalue weighted by Crippen LogP contribution is -2.48. The van der Waals surface area contributed by atoms with Gasteiger partial charge >= 0.3 is 6.18 Å². The molecule has 1 amide bonds. The molecule has 1 fully saturated rings. The predicted molar refractivity (Wildman–Crippen MR) is 123 cm³/mol. The Kier molecular flexibility index (Phi) is 5.79. The molecule has 0 saturated carbocycles. The summed E-state index contributed by atoms with van der Waals surface area (Å²) < 4.78 is 40.9. The van der Waals surface area contributed by atoms with Gasteiger partial charge in [0.1, 0.15) is 5.82 Å². The molecule has 0 spiro atoms. The van der Waals surface area contributed by atoms with Crippen molar-refractivity contribution in [3.63, 3.8) is 0 Å². The molecule has 0 aliphatic carbocycles. The number of halogens is 3. The van der Waals surface area contributed by atoms with Crippen LogP contribution in [0.3, 0.4) is 0 Å². The lowest BCUT2D eigenvalue weighted by molar-refractivity contribution is -0.137. The van der Waals surface area contributed by atoms with Crippen LogP contribution in [0.15, 0.2) is 47.3 Å². The normalized spacial score (nSPS) is 16.9. The van der Waals surface area contributed by atoms with E-state index >= 15 is 0 Å². The van der Waals surface area contributed by atoms with Gasteiger partial charge in [-0.15, -0.1) is 0 Å². The quantitative estimate of drug-likeness (QED) is 0.566. The summed E-state index contributed by atoms with van der Waals surface area (Å²) in [5, 5.41) is 0.511. The Hall–Kier alpha value is -3.36. The molecule has 1 aromatic heterocycles. The lowest BCUT2D eigenvalue weighted by atomic mass is 10.1. The van der Waals surface area contributed by atoms with E-state index in [1.807, 2.05) is 4.90 Å². The zero-order chi connectivity index (χ0) is 23.9. The number of alkyl halides is 3. The van der Waals surface area contributed by atoms with Gasteiger partial charge in [0.15, 0.2) is 0 Å². The second kappa shape index (κ2) is 8.77. The molecule has 0 bridgehead atoms. The third kappa shape index (κ3) is 4.26. The van der Waals surface area contributed by atoms with Gasteiger partial charge < -0.3 is 9.80 Å². The van der Waals surface area contributed by atoms with Crippen molar-refractivity contribution in [2.75, 3.05) is 31.1 Å². The van der Waals surface area contributed by atoms with Crippen LogP contribution in [0.4, 0.5) is 18.9 Å². The number of rotatable bonds is 2. The van der Waals surface area contributed by atoms with Gasteiger partial charge in [0.2, 0.25) is 0 Å². The summed E-state index contributed by atoms with van der Waals surface area (Å²) in [5.41, 5.74) is 0.756. The monoisotopic (exact) mass is 470 g/mol. The van der Waals surface area contributed by atoms with Gasteiger partial charge in [0, 0.05) is 50.4 Å². The van der Waals surface area contributed by atoms with Gasteiger partial charge in [-0.1, -0.05) is 12.5 Å². The molecular weight excluding hydrogens is 445 g/mol. The Morgan fingerprint density at radius 2 is 1.71 bits per heavy atom. The number of anilines is 1. The summed E-state index contributed by atoms with van der Waals surface area (Å²) in [6, 6.07) is 10.3. The lowest BCUT2D eigenvalue weighted by Gasteiger charge is -2.36. The molecule has 2 aliphatic heterocycles. The van der Waals surface area contributed by atoms with Gasteiger partial charge in [-0.05, 0) is 49.2 Å². The summed E-state index contributed by atoms with van der Waals surface area (Å²) in [7, 11) is 0. The van der Waals surface area contributed by atoms with Crippen molar-refractivity contribution in [1.82, 2.24) is 14.5 Å². The van der Waals surface area contributed by atoms with Crippen molar-refractivity contribution in [3.05, 3.63) is 69.8 Å². The highest BCUT2D eigenvalue weighted by Crippen LogP contribution is 2.32. The highest BCUT2D eigenvalue weighted by atomic mass is 19.4. The molecule has 0 N–H and O–H groups in total. The number of nitrogens with zero attached hydrogens (tertiary/aromatic N) is 4. The van der Waals surface area contributed by atoms with E-state index in [4.69, 9.17) is 4.98 Å². The fourth-order valence-corrected chi connectivity index (χ4v) is 4.78. The van der Waals surface area contributed by atoms with E-state index in [1.54, 1.807) is 33.7 Å². The Morgan fingerprint density at radius 1 is 0.912 bits per heavy atom. The van der Waals surface area contributed by atoms with E-state index in [-0.39, 0.29) is 11.5 Å². The molecule has 1 saturated heterocycles. The molecule has 34 heavy (non-hydrogen) atoms. The Morgan fingerprint density at radius 3 is 2.47 bits per heavy atom. The van der Waals surface area contributed by atoms with Crippen molar-refractivity contribution in [1.29, 1.82) is 0 Å². The number of hydrogen-bond donors (Lipinski definition) is 0. The van der Waals surface area contributed by atoms with Crippen molar-refractivity contribution >= 4 is 22.5 Å². The second-order valence-electron chi connectivity index (χ2n) is 8.85. The number of amides is 1. The summed E-state index contributed by atoms with van der Waals surface area (Å²) >= 11 is 0. The fourth-order valence-electron chi connectivity index (χ4n) is 4.78. The first-order valence-corrected chi connectivity index (χ1v) is 11.6. The van der Waals surface area contributed by atoms with Crippen LogP contribution in [0.5, 0.6) is 0 Å². The number of aromatic nitrogens is 2. The molecular formula is C25H25F3N4O2. The van der Waals surface area contributed by atoms with Crippen molar-refractivity contribution in [2.24, 2.45) is 0 Å². The van der Waals surface area contributed by atoms with Crippen LogP contribution in [-0.4, -0.2) is 46.5 Å².